The van der Waals surface area contributed by atoms with Crippen LogP contribution in [0.2, 0.25) is 0 Å². The summed E-state index contributed by atoms with van der Waals surface area (Å²) >= 11 is 2.68. The van der Waals surface area contributed by atoms with E-state index in [1.807, 2.05) is 42.8 Å². The second-order valence-corrected chi connectivity index (χ2v) is 6.38. The summed E-state index contributed by atoms with van der Waals surface area (Å²) in [5.74, 6) is -0.370. The van der Waals surface area contributed by atoms with Gasteiger partial charge < -0.3 is 9.84 Å². The summed E-state index contributed by atoms with van der Waals surface area (Å²) in [4.78, 5) is 5.37. The van der Waals surface area contributed by atoms with Gasteiger partial charge in [0.1, 0.15) is 9.88 Å². The minimum atomic E-state index is -0.370. The molecule has 2 aromatic heterocycles. The summed E-state index contributed by atoms with van der Waals surface area (Å²) in [5, 5.41) is 15.0. The third-order valence-corrected chi connectivity index (χ3v) is 4.79. The first-order chi connectivity index (χ1) is 11.2. The quantitative estimate of drug-likeness (QED) is 0.525. The van der Waals surface area contributed by atoms with Gasteiger partial charge in [0.2, 0.25) is 6.20 Å². The molecule has 0 bridgehead atoms. The number of benzene rings is 1. The lowest BCUT2D eigenvalue weighted by Gasteiger charge is -2.15. The molecule has 23 heavy (non-hydrogen) atoms. The van der Waals surface area contributed by atoms with Crippen LogP contribution in [0.15, 0.2) is 47.9 Å². The van der Waals surface area contributed by atoms with Crippen molar-refractivity contribution in [3.63, 3.8) is 0 Å². The van der Waals surface area contributed by atoms with Crippen LogP contribution in [-0.2, 0) is 11.8 Å². The van der Waals surface area contributed by atoms with Crippen molar-refractivity contribution in [2.24, 2.45) is 7.05 Å². The highest BCUT2D eigenvalue weighted by Crippen LogP contribution is 2.32. The lowest BCUT2D eigenvalue weighted by Crippen LogP contribution is -2.27. The Hall–Kier alpha value is -2.25. The van der Waals surface area contributed by atoms with E-state index >= 15 is 0 Å². The molecule has 0 aliphatic heterocycles. The molecule has 1 aromatic carbocycles. The minimum Gasteiger partial charge on any atom is -0.613 e. The van der Waals surface area contributed by atoms with Crippen LogP contribution < -0.4 is 9.79 Å². The molecule has 0 saturated heterocycles. The fourth-order valence-electron chi connectivity index (χ4n) is 2.06. The van der Waals surface area contributed by atoms with Crippen LogP contribution in [0, 0.1) is 0 Å². The largest absolute Gasteiger partial charge is 0.613 e. The molecule has 0 aliphatic carbocycles. The van der Waals surface area contributed by atoms with E-state index in [2.05, 4.69) is 9.47 Å². The number of thiazole rings is 1. The van der Waals surface area contributed by atoms with Crippen molar-refractivity contribution in [2.45, 2.75) is 6.92 Å². The highest BCUT2D eigenvalue weighted by Gasteiger charge is 2.18. The Morgan fingerprint density at radius 2 is 2.09 bits per heavy atom. The molecule has 0 unspecified atom stereocenters. The van der Waals surface area contributed by atoms with Gasteiger partial charge in [0, 0.05) is 22.5 Å². The standard InChI is InChI=1S/C16H15N3O2S2/c1-3-21-16(20)14(13-9-19(2)18-23-13)15-17-12(10-22-15)11-7-5-4-6-8-11/h4-10H,3H2,1-2H3. The van der Waals surface area contributed by atoms with E-state index in [9.17, 15) is 5.11 Å². The van der Waals surface area contributed by atoms with Gasteiger partial charge in [-0.25, -0.2) is 4.98 Å². The molecule has 118 valence electrons. The summed E-state index contributed by atoms with van der Waals surface area (Å²) in [7, 11) is 1.82. The number of hydrogen-bond acceptors (Lipinski definition) is 6. The third-order valence-electron chi connectivity index (χ3n) is 3.09. The van der Waals surface area contributed by atoms with Gasteiger partial charge in [-0.2, -0.15) is 0 Å². The Labute approximate surface area is 142 Å². The van der Waals surface area contributed by atoms with Crippen LogP contribution in [0.5, 0.6) is 0 Å². The first-order valence-corrected chi connectivity index (χ1v) is 8.72. The number of nitrogens with zero attached hydrogens (tertiary/aromatic N) is 3. The van der Waals surface area contributed by atoms with Crippen LogP contribution in [0.4, 0.5) is 0 Å². The summed E-state index contributed by atoms with van der Waals surface area (Å²) in [5.41, 5.74) is 2.34. The van der Waals surface area contributed by atoms with Crippen molar-refractivity contribution >= 4 is 28.4 Å². The van der Waals surface area contributed by atoms with E-state index in [-0.39, 0.29) is 5.95 Å². The average molecular weight is 345 g/mol. The molecular weight excluding hydrogens is 330 g/mol. The molecule has 0 fully saturated rings. The maximum absolute atomic E-state index is 12.4. The van der Waals surface area contributed by atoms with Gasteiger partial charge >= 0.3 is 0 Å². The van der Waals surface area contributed by atoms with Gasteiger partial charge in [-0.05, 0) is 6.61 Å². The number of aryl methyl sites for hydroxylation is 1. The van der Waals surface area contributed by atoms with Crippen molar-refractivity contribution < 1.29 is 14.5 Å². The number of aromatic nitrogens is 3. The predicted molar refractivity (Wildman–Crippen MR) is 88.5 cm³/mol. The molecule has 7 heteroatoms. The average Bonchev–Trinajstić information content (AvgIpc) is 3.19. The van der Waals surface area contributed by atoms with Crippen molar-refractivity contribution in [3.05, 3.63) is 57.7 Å². The van der Waals surface area contributed by atoms with Gasteiger partial charge in [0.25, 0.3) is 0 Å². The molecule has 0 spiro atoms. The Balaban J connectivity index is 2.05. The molecule has 0 aliphatic rings. The maximum atomic E-state index is 12.4. The lowest BCUT2D eigenvalue weighted by atomic mass is 10.2. The Morgan fingerprint density at radius 1 is 1.30 bits per heavy atom. The van der Waals surface area contributed by atoms with Crippen LogP contribution >= 0.6 is 22.9 Å². The first kappa shape index (κ1) is 15.6. The van der Waals surface area contributed by atoms with Gasteiger partial charge in [-0.3, -0.25) is 0 Å². The van der Waals surface area contributed by atoms with Crippen LogP contribution in [-0.4, -0.2) is 16.1 Å². The molecule has 5 nitrogen and oxygen atoms in total. The number of ether oxygens (including phenoxy) is 1. The lowest BCUT2D eigenvalue weighted by molar-refractivity contribution is -0.722. The minimum absolute atomic E-state index is 0.324. The summed E-state index contributed by atoms with van der Waals surface area (Å²) in [6.07, 6.45) is 1.81. The Bertz CT molecular complexity index is 825. The van der Waals surface area contributed by atoms with Crippen molar-refractivity contribution in [2.75, 3.05) is 6.61 Å². The fraction of sp³-hybridized carbons (Fsp3) is 0.188. The smallest absolute Gasteiger partial charge is 0.216 e. The van der Waals surface area contributed by atoms with E-state index in [1.54, 1.807) is 17.8 Å². The molecule has 0 atom stereocenters. The fourth-order valence-corrected chi connectivity index (χ4v) is 3.74. The van der Waals surface area contributed by atoms with E-state index in [0.717, 1.165) is 16.1 Å². The van der Waals surface area contributed by atoms with Gasteiger partial charge in [0.15, 0.2) is 7.05 Å². The zero-order valence-corrected chi connectivity index (χ0v) is 14.4. The summed E-state index contributed by atoms with van der Waals surface area (Å²) in [6, 6.07) is 9.89. The molecule has 0 saturated carbocycles. The van der Waals surface area contributed by atoms with Gasteiger partial charge in [-0.15, -0.1) is 11.3 Å². The molecule has 3 aromatic rings. The topological polar surface area (TPSA) is 62.0 Å². The van der Waals surface area contributed by atoms with Gasteiger partial charge in [-0.1, -0.05) is 41.9 Å². The summed E-state index contributed by atoms with van der Waals surface area (Å²) < 4.78 is 11.0. The highest BCUT2D eigenvalue weighted by molar-refractivity contribution is 7.12. The van der Waals surface area contributed by atoms with Gasteiger partial charge in [0.05, 0.1) is 21.7 Å². The monoisotopic (exact) mass is 345 g/mol. The zero-order chi connectivity index (χ0) is 16.2. The Kier molecular flexibility index (Phi) is 4.68. The second-order valence-electron chi connectivity index (χ2n) is 4.74. The van der Waals surface area contributed by atoms with E-state index in [0.29, 0.717) is 17.2 Å². The van der Waals surface area contributed by atoms with E-state index in [4.69, 9.17) is 4.74 Å². The van der Waals surface area contributed by atoms with Crippen LogP contribution in [0.1, 0.15) is 16.8 Å². The molecule has 2 heterocycles. The zero-order valence-electron chi connectivity index (χ0n) is 12.7. The normalized spacial score (nSPS) is 12.1. The van der Waals surface area contributed by atoms with Crippen LogP contribution in [0.3, 0.4) is 0 Å². The molecule has 3 rings (SSSR count). The third kappa shape index (κ3) is 3.40. The highest BCUT2D eigenvalue weighted by atomic mass is 32.1. The van der Waals surface area contributed by atoms with E-state index in [1.165, 1.54) is 22.9 Å². The first-order valence-electron chi connectivity index (χ1n) is 7.07. The van der Waals surface area contributed by atoms with Crippen LogP contribution in [0.25, 0.3) is 16.8 Å². The van der Waals surface area contributed by atoms with E-state index < -0.39 is 0 Å². The van der Waals surface area contributed by atoms with Crippen molar-refractivity contribution in [3.8, 4) is 11.3 Å². The SMILES string of the molecule is CCO/C([O-])=C(/c1c[n+](C)ns1)c1nc(-c2ccccc2)cs1. The molecular formula is C16H15N3O2S2. The predicted octanol–water partition coefficient (Wildman–Crippen LogP) is 2.20. The van der Waals surface area contributed by atoms with Crippen molar-refractivity contribution in [1.82, 2.24) is 9.47 Å². The second kappa shape index (κ2) is 6.89. The molecule has 0 N–H and O–H groups in total. The molecule has 0 amide bonds. The molecule has 0 radical (unpaired) electrons. The Morgan fingerprint density at radius 3 is 2.74 bits per heavy atom. The summed E-state index contributed by atoms with van der Waals surface area (Å²) in [6.45, 7) is 2.11. The maximum Gasteiger partial charge on any atom is 0.216 e. The number of rotatable bonds is 5. The van der Waals surface area contributed by atoms with Crippen molar-refractivity contribution in [1.29, 1.82) is 0 Å². The number of hydrogen-bond donors (Lipinski definition) is 0.